The van der Waals surface area contributed by atoms with Crippen molar-refractivity contribution in [2.75, 3.05) is 0 Å². The first-order chi connectivity index (χ1) is 11.4. The van der Waals surface area contributed by atoms with Crippen LogP contribution in [-0.2, 0) is 11.2 Å². The van der Waals surface area contributed by atoms with Gasteiger partial charge in [-0.15, -0.1) is 0 Å². The average molecular weight is 351 g/mol. The summed E-state index contributed by atoms with van der Waals surface area (Å²) in [5, 5.41) is 11.5. The van der Waals surface area contributed by atoms with Crippen molar-refractivity contribution < 1.29 is 19.2 Å². The Hall–Kier alpha value is -2.44. The van der Waals surface area contributed by atoms with Crippen LogP contribution < -0.4 is 10.8 Å². The molecule has 0 aliphatic carbocycles. The van der Waals surface area contributed by atoms with Crippen LogP contribution >= 0.6 is 11.6 Å². The van der Waals surface area contributed by atoms with E-state index in [9.17, 15) is 14.0 Å². The Morgan fingerprint density at radius 3 is 2.46 bits per heavy atom. The van der Waals surface area contributed by atoms with Crippen molar-refractivity contribution >= 4 is 23.4 Å². The van der Waals surface area contributed by atoms with Crippen molar-refractivity contribution in [2.45, 2.75) is 19.4 Å². The zero-order chi connectivity index (χ0) is 17.7. The summed E-state index contributed by atoms with van der Waals surface area (Å²) in [7, 11) is 0. The summed E-state index contributed by atoms with van der Waals surface area (Å²) in [6.07, 6.45) is -0.166. The summed E-state index contributed by atoms with van der Waals surface area (Å²) in [5.41, 5.74) is 2.75. The number of hydrogen-bond donors (Lipinski definition) is 3. The van der Waals surface area contributed by atoms with Gasteiger partial charge in [0.15, 0.2) is 0 Å². The Morgan fingerprint density at radius 1 is 1.21 bits per heavy atom. The summed E-state index contributed by atoms with van der Waals surface area (Å²) in [6, 6.07) is 10.3. The SMILES string of the molecule is CC(NC(=O)Cc1c(F)cccc1Cl)c1ccc(C(=O)NO)cc1. The lowest BCUT2D eigenvalue weighted by Crippen LogP contribution is -2.28. The van der Waals surface area contributed by atoms with E-state index < -0.39 is 11.7 Å². The average Bonchev–Trinajstić information content (AvgIpc) is 2.57. The predicted molar refractivity (Wildman–Crippen MR) is 87.4 cm³/mol. The van der Waals surface area contributed by atoms with Gasteiger partial charge in [-0.05, 0) is 36.8 Å². The maximum absolute atomic E-state index is 13.7. The summed E-state index contributed by atoms with van der Waals surface area (Å²) < 4.78 is 13.7. The molecule has 0 aliphatic heterocycles. The van der Waals surface area contributed by atoms with Crippen LogP contribution in [-0.4, -0.2) is 17.0 Å². The number of hydrogen-bond acceptors (Lipinski definition) is 3. The van der Waals surface area contributed by atoms with Gasteiger partial charge < -0.3 is 5.32 Å². The fraction of sp³-hybridized carbons (Fsp3) is 0.176. The van der Waals surface area contributed by atoms with Crippen LogP contribution in [0.25, 0.3) is 0 Å². The minimum Gasteiger partial charge on any atom is -0.349 e. The predicted octanol–water partition coefficient (Wildman–Crippen LogP) is 3.02. The minimum atomic E-state index is -0.618. The molecule has 2 amide bonds. The van der Waals surface area contributed by atoms with Crippen molar-refractivity contribution in [3.05, 3.63) is 70.0 Å². The van der Waals surface area contributed by atoms with Gasteiger partial charge in [0.1, 0.15) is 5.82 Å². The molecule has 2 aromatic carbocycles. The fourth-order valence-corrected chi connectivity index (χ4v) is 2.46. The van der Waals surface area contributed by atoms with Gasteiger partial charge >= 0.3 is 0 Å². The molecule has 5 nitrogen and oxygen atoms in total. The van der Waals surface area contributed by atoms with E-state index >= 15 is 0 Å². The second-order valence-corrected chi connectivity index (χ2v) is 5.64. The molecule has 24 heavy (non-hydrogen) atoms. The normalized spacial score (nSPS) is 11.7. The fourth-order valence-electron chi connectivity index (χ4n) is 2.23. The molecule has 0 bridgehead atoms. The number of nitrogens with one attached hydrogen (secondary N) is 2. The molecule has 0 saturated heterocycles. The van der Waals surface area contributed by atoms with Gasteiger partial charge in [-0.1, -0.05) is 29.8 Å². The molecule has 1 atom stereocenters. The van der Waals surface area contributed by atoms with Crippen LogP contribution in [0.2, 0.25) is 5.02 Å². The van der Waals surface area contributed by atoms with Crippen LogP contribution in [0, 0.1) is 5.82 Å². The zero-order valence-electron chi connectivity index (χ0n) is 12.8. The van der Waals surface area contributed by atoms with E-state index in [0.717, 1.165) is 5.56 Å². The molecule has 0 radical (unpaired) electrons. The number of carbonyl (C=O) groups is 2. The first-order valence-corrected chi connectivity index (χ1v) is 7.56. The highest BCUT2D eigenvalue weighted by Crippen LogP contribution is 2.20. The minimum absolute atomic E-state index is 0.152. The standard InChI is InChI=1S/C17H16ClFN2O3/c1-10(11-5-7-12(8-6-11)17(23)21-24)20-16(22)9-13-14(18)3-2-4-15(13)19/h2-8,10,24H,9H2,1H3,(H,20,22)(H,21,23). The number of benzene rings is 2. The largest absolute Gasteiger partial charge is 0.349 e. The molecule has 126 valence electrons. The Bertz CT molecular complexity index is 730. The summed E-state index contributed by atoms with van der Waals surface area (Å²) >= 11 is 5.91. The molecule has 0 fully saturated rings. The number of halogens is 2. The number of amides is 2. The third-order valence-electron chi connectivity index (χ3n) is 3.55. The quantitative estimate of drug-likeness (QED) is 0.573. The molecular formula is C17H16ClFN2O3. The van der Waals surface area contributed by atoms with Crippen LogP contribution in [0.1, 0.15) is 34.5 Å². The number of hydroxylamine groups is 1. The Morgan fingerprint density at radius 2 is 1.88 bits per heavy atom. The van der Waals surface area contributed by atoms with E-state index in [2.05, 4.69) is 5.32 Å². The Kier molecular flexibility index (Phi) is 5.89. The maximum atomic E-state index is 13.7. The van der Waals surface area contributed by atoms with Crippen molar-refractivity contribution in [3.8, 4) is 0 Å². The summed E-state index contributed by atoms with van der Waals surface area (Å²) in [4.78, 5) is 23.3. The highest BCUT2D eigenvalue weighted by atomic mass is 35.5. The third-order valence-corrected chi connectivity index (χ3v) is 3.91. The van der Waals surface area contributed by atoms with Crippen molar-refractivity contribution in [1.29, 1.82) is 0 Å². The monoisotopic (exact) mass is 350 g/mol. The number of carbonyl (C=O) groups excluding carboxylic acids is 2. The van der Waals surface area contributed by atoms with E-state index in [4.69, 9.17) is 16.8 Å². The highest BCUT2D eigenvalue weighted by Gasteiger charge is 2.15. The lowest BCUT2D eigenvalue weighted by Gasteiger charge is -2.15. The van der Waals surface area contributed by atoms with Crippen molar-refractivity contribution in [1.82, 2.24) is 10.8 Å². The first kappa shape index (κ1) is 17.9. The number of rotatable bonds is 5. The topological polar surface area (TPSA) is 78.4 Å². The second kappa shape index (κ2) is 7.90. The molecule has 2 rings (SSSR count). The molecule has 7 heteroatoms. The van der Waals surface area contributed by atoms with Crippen LogP contribution in [0.15, 0.2) is 42.5 Å². The molecule has 0 heterocycles. The molecule has 0 aliphatic rings. The van der Waals surface area contributed by atoms with Gasteiger partial charge in [0.05, 0.1) is 12.5 Å². The lowest BCUT2D eigenvalue weighted by atomic mass is 10.0. The molecule has 0 spiro atoms. The van der Waals surface area contributed by atoms with E-state index in [-0.39, 0.29) is 34.5 Å². The molecule has 2 aromatic rings. The van der Waals surface area contributed by atoms with Crippen LogP contribution in [0.5, 0.6) is 0 Å². The van der Waals surface area contributed by atoms with Gasteiger partial charge in [-0.3, -0.25) is 14.8 Å². The van der Waals surface area contributed by atoms with Gasteiger partial charge in [0, 0.05) is 16.1 Å². The van der Waals surface area contributed by atoms with Gasteiger partial charge in [-0.25, -0.2) is 9.87 Å². The van der Waals surface area contributed by atoms with Gasteiger partial charge in [0.2, 0.25) is 5.91 Å². The van der Waals surface area contributed by atoms with E-state index in [0.29, 0.717) is 0 Å². The van der Waals surface area contributed by atoms with E-state index in [1.54, 1.807) is 24.5 Å². The Balaban J connectivity index is 2.02. The molecule has 3 N–H and O–H groups in total. The van der Waals surface area contributed by atoms with Gasteiger partial charge in [0.25, 0.3) is 5.91 Å². The first-order valence-electron chi connectivity index (χ1n) is 7.19. The third kappa shape index (κ3) is 4.31. The van der Waals surface area contributed by atoms with Crippen LogP contribution in [0.4, 0.5) is 4.39 Å². The Labute approximate surface area is 143 Å². The van der Waals surface area contributed by atoms with Crippen molar-refractivity contribution in [3.63, 3.8) is 0 Å². The zero-order valence-corrected chi connectivity index (χ0v) is 13.6. The van der Waals surface area contributed by atoms with Gasteiger partial charge in [-0.2, -0.15) is 0 Å². The second-order valence-electron chi connectivity index (χ2n) is 5.23. The molecular weight excluding hydrogens is 335 g/mol. The lowest BCUT2D eigenvalue weighted by molar-refractivity contribution is -0.121. The summed E-state index contributed by atoms with van der Waals surface area (Å²) in [6.45, 7) is 1.77. The summed E-state index contributed by atoms with van der Waals surface area (Å²) in [5.74, 6) is -1.51. The highest BCUT2D eigenvalue weighted by molar-refractivity contribution is 6.31. The van der Waals surface area contributed by atoms with E-state index in [1.807, 2.05) is 0 Å². The van der Waals surface area contributed by atoms with E-state index in [1.165, 1.54) is 30.3 Å². The van der Waals surface area contributed by atoms with Crippen molar-refractivity contribution in [2.24, 2.45) is 0 Å². The smallest absolute Gasteiger partial charge is 0.274 e. The maximum Gasteiger partial charge on any atom is 0.274 e. The van der Waals surface area contributed by atoms with Crippen LogP contribution in [0.3, 0.4) is 0 Å². The molecule has 0 saturated carbocycles. The molecule has 1 unspecified atom stereocenters. The molecule has 0 aromatic heterocycles.